The molecule has 1 rings (SSSR count). The maximum atomic E-state index is 12.7. The van der Waals surface area contributed by atoms with Gasteiger partial charge in [-0.3, -0.25) is 9.59 Å². The van der Waals surface area contributed by atoms with E-state index in [1.54, 1.807) is 12.1 Å². The summed E-state index contributed by atoms with van der Waals surface area (Å²) in [5.74, 6) is -0.471. The standard InChI is InChI=1S/C16H22FNO3/c1-21-16(20)5-3-2-4-12-18-15(19)11-8-13-6-9-14(17)10-7-13/h6-7,9-10H,2-5,8,11-12H2,1H3,(H,18,19). The Morgan fingerprint density at radius 3 is 2.48 bits per heavy atom. The highest BCUT2D eigenvalue weighted by atomic mass is 19.1. The van der Waals surface area contributed by atoms with Gasteiger partial charge in [-0.25, -0.2) is 4.39 Å². The number of ether oxygens (including phenoxy) is 1. The van der Waals surface area contributed by atoms with Crippen LogP contribution in [0.5, 0.6) is 0 Å². The number of rotatable bonds is 9. The van der Waals surface area contributed by atoms with Crippen molar-refractivity contribution in [1.82, 2.24) is 5.32 Å². The third kappa shape index (κ3) is 8.07. The van der Waals surface area contributed by atoms with Crippen LogP contribution >= 0.6 is 0 Å². The number of amides is 1. The van der Waals surface area contributed by atoms with Crippen molar-refractivity contribution >= 4 is 11.9 Å². The van der Waals surface area contributed by atoms with Crippen LogP contribution in [-0.2, 0) is 20.7 Å². The Hall–Kier alpha value is -1.91. The van der Waals surface area contributed by atoms with E-state index in [1.165, 1.54) is 19.2 Å². The normalized spacial score (nSPS) is 10.2. The van der Waals surface area contributed by atoms with Crippen LogP contribution in [0, 0.1) is 5.82 Å². The molecule has 21 heavy (non-hydrogen) atoms. The third-order valence-electron chi connectivity index (χ3n) is 3.16. The average Bonchev–Trinajstić information content (AvgIpc) is 2.49. The minimum atomic E-state index is -0.268. The highest BCUT2D eigenvalue weighted by molar-refractivity contribution is 5.76. The molecule has 0 aliphatic rings. The van der Waals surface area contributed by atoms with Crippen LogP contribution in [0.15, 0.2) is 24.3 Å². The lowest BCUT2D eigenvalue weighted by Crippen LogP contribution is -2.24. The van der Waals surface area contributed by atoms with Crippen LogP contribution in [-0.4, -0.2) is 25.5 Å². The first-order valence-corrected chi connectivity index (χ1v) is 7.20. The Morgan fingerprint density at radius 1 is 1.10 bits per heavy atom. The predicted octanol–water partition coefficient (Wildman–Crippen LogP) is 2.61. The van der Waals surface area contributed by atoms with Crippen molar-refractivity contribution in [3.05, 3.63) is 35.6 Å². The number of unbranched alkanes of at least 4 members (excludes halogenated alkanes) is 2. The van der Waals surface area contributed by atoms with Gasteiger partial charge >= 0.3 is 5.97 Å². The maximum Gasteiger partial charge on any atom is 0.305 e. The van der Waals surface area contributed by atoms with Crippen molar-refractivity contribution in [3.63, 3.8) is 0 Å². The summed E-state index contributed by atoms with van der Waals surface area (Å²) in [6, 6.07) is 6.17. The number of esters is 1. The Balaban J connectivity index is 2.04. The summed E-state index contributed by atoms with van der Waals surface area (Å²) in [5.41, 5.74) is 0.949. The van der Waals surface area contributed by atoms with E-state index in [0.29, 0.717) is 25.8 Å². The Morgan fingerprint density at radius 2 is 1.81 bits per heavy atom. The fraction of sp³-hybridized carbons (Fsp3) is 0.500. The van der Waals surface area contributed by atoms with E-state index in [-0.39, 0.29) is 17.7 Å². The molecular formula is C16H22FNO3. The lowest BCUT2D eigenvalue weighted by Gasteiger charge is -2.05. The molecule has 0 heterocycles. The number of hydrogen-bond acceptors (Lipinski definition) is 3. The molecule has 1 aromatic carbocycles. The van der Waals surface area contributed by atoms with Gasteiger partial charge in [0, 0.05) is 19.4 Å². The highest BCUT2D eigenvalue weighted by Crippen LogP contribution is 2.05. The Labute approximate surface area is 124 Å². The molecule has 1 N–H and O–H groups in total. The average molecular weight is 295 g/mol. The monoisotopic (exact) mass is 295 g/mol. The van der Waals surface area contributed by atoms with Gasteiger partial charge in [-0.05, 0) is 37.0 Å². The molecule has 5 heteroatoms. The summed E-state index contributed by atoms with van der Waals surface area (Å²) in [6.07, 6.45) is 3.93. The maximum absolute atomic E-state index is 12.7. The van der Waals surface area contributed by atoms with Gasteiger partial charge in [0.25, 0.3) is 0 Å². The number of carbonyl (C=O) groups excluding carboxylic acids is 2. The van der Waals surface area contributed by atoms with E-state index in [1.807, 2.05) is 0 Å². The first-order chi connectivity index (χ1) is 10.1. The van der Waals surface area contributed by atoms with Gasteiger partial charge in [-0.15, -0.1) is 0 Å². The number of carbonyl (C=O) groups is 2. The molecule has 0 aliphatic carbocycles. The van der Waals surface area contributed by atoms with Gasteiger partial charge in [0.2, 0.25) is 5.91 Å². The zero-order valence-electron chi connectivity index (χ0n) is 12.4. The van der Waals surface area contributed by atoms with Gasteiger partial charge in [0.1, 0.15) is 5.82 Å². The van der Waals surface area contributed by atoms with Crippen molar-refractivity contribution in [2.24, 2.45) is 0 Å². The highest BCUT2D eigenvalue weighted by Gasteiger charge is 2.03. The number of halogens is 1. The topological polar surface area (TPSA) is 55.4 Å². The van der Waals surface area contributed by atoms with Crippen LogP contribution in [0.25, 0.3) is 0 Å². The van der Waals surface area contributed by atoms with Gasteiger partial charge in [0.05, 0.1) is 7.11 Å². The van der Waals surface area contributed by atoms with Crippen molar-refractivity contribution < 1.29 is 18.7 Å². The van der Waals surface area contributed by atoms with Gasteiger partial charge < -0.3 is 10.1 Å². The van der Waals surface area contributed by atoms with Crippen LogP contribution in [0.4, 0.5) is 4.39 Å². The lowest BCUT2D eigenvalue weighted by molar-refractivity contribution is -0.140. The molecule has 0 saturated heterocycles. The predicted molar refractivity (Wildman–Crippen MR) is 78.2 cm³/mol. The summed E-state index contributed by atoms with van der Waals surface area (Å²) in [5, 5.41) is 2.84. The molecule has 0 unspecified atom stereocenters. The molecule has 0 fully saturated rings. The molecule has 1 amide bonds. The van der Waals surface area contributed by atoms with Crippen molar-refractivity contribution in [2.75, 3.05) is 13.7 Å². The molecule has 0 aromatic heterocycles. The van der Waals surface area contributed by atoms with E-state index in [9.17, 15) is 14.0 Å². The molecule has 116 valence electrons. The van der Waals surface area contributed by atoms with Gasteiger partial charge in [-0.1, -0.05) is 18.6 Å². The fourth-order valence-corrected chi connectivity index (χ4v) is 1.90. The summed E-state index contributed by atoms with van der Waals surface area (Å²) in [4.78, 5) is 22.5. The van der Waals surface area contributed by atoms with Crippen LogP contribution in [0.2, 0.25) is 0 Å². The van der Waals surface area contributed by atoms with Crippen molar-refractivity contribution in [3.8, 4) is 0 Å². The molecule has 1 aromatic rings. The molecule has 0 spiro atoms. The van der Waals surface area contributed by atoms with Crippen LogP contribution in [0.3, 0.4) is 0 Å². The van der Waals surface area contributed by atoms with E-state index in [0.717, 1.165) is 24.8 Å². The zero-order chi connectivity index (χ0) is 15.5. The zero-order valence-corrected chi connectivity index (χ0v) is 12.4. The molecule has 0 bridgehead atoms. The van der Waals surface area contributed by atoms with Crippen LogP contribution < -0.4 is 5.32 Å². The third-order valence-corrected chi connectivity index (χ3v) is 3.16. The second-order valence-corrected chi connectivity index (χ2v) is 4.86. The SMILES string of the molecule is COC(=O)CCCCCNC(=O)CCc1ccc(F)cc1. The fourth-order valence-electron chi connectivity index (χ4n) is 1.90. The number of methoxy groups -OCH3 is 1. The molecule has 0 radical (unpaired) electrons. The minimum Gasteiger partial charge on any atom is -0.469 e. The lowest BCUT2D eigenvalue weighted by atomic mass is 10.1. The van der Waals surface area contributed by atoms with E-state index >= 15 is 0 Å². The quantitative estimate of drug-likeness (QED) is 0.563. The second-order valence-electron chi connectivity index (χ2n) is 4.86. The summed E-state index contributed by atoms with van der Waals surface area (Å²) in [6.45, 7) is 0.615. The van der Waals surface area contributed by atoms with E-state index < -0.39 is 0 Å². The number of benzene rings is 1. The van der Waals surface area contributed by atoms with E-state index in [2.05, 4.69) is 10.1 Å². The first kappa shape index (κ1) is 17.1. The Bertz CT molecular complexity index is 445. The Kier molecular flexibility index (Phi) is 8.09. The second kappa shape index (κ2) is 9.91. The van der Waals surface area contributed by atoms with Gasteiger partial charge in [0.15, 0.2) is 0 Å². The largest absolute Gasteiger partial charge is 0.469 e. The molecule has 0 saturated carbocycles. The van der Waals surface area contributed by atoms with Gasteiger partial charge in [-0.2, -0.15) is 0 Å². The summed E-state index contributed by atoms with van der Waals surface area (Å²) < 4.78 is 17.3. The molecule has 4 nitrogen and oxygen atoms in total. The smallest absolute Gasteiger partial charge is 0.305 e. The number of hydrogen-bond donors (Lipinski definition) is 1. The summed E-state index contributed by atoms with van der Waals surface area (Å²) >= 11 is 0. The molecule has 0 aliphatic heterocycles. The molecule has 0 atom stereocenters. The van der Waals surface area contributed by atoms with E-state index in [4.69, 9.17) is 0 Å². The van der Waals surface area contributed by atoms with Crippen molar-refractivity contribution in [2.45, 2.75) is 38.5 Å². The van der Waals surface area contributed by atoms with Crippen LogP contribution in [0.1, 0.15) is 37.7 Å². The number of nitrogens with one attached hydrogen (secondary N) is 1. The number of aryl methyl sites for hydroxylation is 1. The first-order valence-electron chi connectivity index (χ1n) is 7.20. The summed E-state index contributed by atoms with van der Waals surface area (Å²) in [7, 11) is 1.38. The molecular weight excluding hydrogens is 273 g/mol. The minimum absolute atomic E-state index is 0.00714. The van der Waals surface area contributed by atoms with Crippen molar-refractivity contribution in [1.29, 1.82) is 0 Å².